The van der Waals surface area contributed by atoms with E-state index in [9.17, 15) is 4.79 Å². The summed E-state index contributed by atoms with van der Waals surface area (Å²) < 4.78 is 17.4. The number of methoxy groups -OCH3 is 1. The molecule has 0 atom stereocenters. The van der Waals surface area contributed by atoms with E-state index in [4.69, 9.17) is 13.9 Å². The molecule has 1 heterocycles. The van der Waals surface area contributed by atoms with E-state index >= 15 is 0 Å². The maximum atomic E-state index is 11.6. The molecule has 1 N–H and O–H groups in total. The van der Waals surface area contributed by atoms with Crippen LogP contribution in [0.4, 0.5) is 0 Å². The minimum atomic E-state index is -0.387. The molecule has 0 radical (unpaired) electrons. The largest absolute Gasteiger partial charge is 0.493 e. The van der Waals surface area contributed by atoms with Crippen LogP contribution in [0.2, 0.25) is 0 Å². The highest BCUT2D eigenvalue weighted by molar-refractivity contribution is 14.1. The van der Waals surface area contributed by atoms with Crippen LogP contribution in [0.5, 0.6) is 11.5 Å². The fraction of sp³-hybridized carbons (Fsp3) is 0.143. The Hall–Kier alpha value is -1.55. The molecule has 6 nitrogen and oxygen atoms in total. The number of nitrogens with one attached hydrogen (secondary N) is 1. The van der Waals surface area contributed by atoms with Crippen molar-refractivity contribution in [3.05, 3.63) is 44.3 Å². The summed E-state index contributed by atoms with van der Waals surface area (Å²) in [5.74, 6) is 1.18. The number of hydrazone groups is 1. The minimum Gasteiger partial charge on any atom is -0.493 e. The first-order chi connectivity index (χ1) is 10.6. The standard InChI is InChI=1S/C14H12BrIN2O4/c1-20-12-6-9(15)2-4-11(12)21-8-14(19)18-17-7-10-3-5-13(16)22-10/h2-7H,8H2,1H3,(H,18,19)/b17-7+. The molecule has 1 aromatic heterocycles. The topological polar surface area (TPSA) is 73.1 Å². The molecule has 0 unspecified atom stereocenters. The Kier molecular flexibility index (Phi) is 6.25. The Morgan fingerprint density at radius 1 is 1.41 bits per heavy atom. The molecule has 0 fully saturated rings. The number of hydrogen-bond donors (Lipinski definition) is 1. The van der Waals surface area contributed by atoms with E-state index in [1.807, 2.05) is 22.6 Å². The van der Waals surface area contributed by atoms with Gasteiger partial charge in [0.2, 0.25) is 0 Å². The van der Waals surface area contributed by atoms with Crippen molar-refractivity contribution in [3.8, 4) is 11.5 Å². The first kappa shape index (κ1) is 16.8. The van der Waals surface area contributed by atoms with Gasteiger partial charge in [0.25, 0.3) is 5.91 Å². The van der Waals surface area contributed by atoms with Gasteiger partial charge in [-0.3, -0.25) is 4.79 Å². The second-order valence-corrected chi connectivity index (χ2v) is 6.00. The van der Waals surface area contributed by atoms with Crippen LogP contribution in [0.1, 0.15) is 5.76 Å². The average molecular weight is 479 g/mol. The first-order valence-corrected chi connectivity index (χ1v) is 7.99. The van der Waals surface area contributed by atoms with E-state index in [0.717, 1.165) is 8.24 Å². The van der Waals surface area contributed by atoms with Crippen LogP contribution in [-0.4, -0.2) is 25.8 Å². The van der Waals surface area contributed by atoms with Crippen molar-refractivity contribution in [1.82, 2.24) is 5.43 Å². The summed E-state index contributed by atoms with van der Waals surface area (Å²) in [4.78, 5) is 11.6. The average Bonchev–Trinajstić information content (AvgIpc) is 2.91. The van der Waals surface area contributed by atoms with E-state index < -0.39 is 0 Å². The Balaban J connectivity index is 1.84. The fourth-order valence-electron chi connectivity index (χ4n) is 1.50. The van der Waals surface area contributed by atoms with Crippen LogP contribution in [0.15, 0.2) is 44.3 Å². The van der Waals surface area contributed by atoms with Gasteiger partial charge in [0.1, 0.15) is 5.76 Å². The van der Waals surface area contributed by atoms with Gasteiger partial charge in [-0.25, -0.2) is 5.43 Å². The normalized spacial score (nSPS) is 10.7. The monoisotopic (exact) mass is 478 g/mol. The van der Waals surface area contributed by atoms with E-state index in [2.05, 4.69) is 26.5 Å². The number of carbonyl (C=O) groups is 1. The van der Waals surface area contributed by atoms with Crippen LogP contribution in [0.3, 0.4) is 0 Å². The van der Waals surface area contributed by atoms with E-state index in [1.54, 1.807) is 30.3 Å². The number of nitrogens with zero attached hydrogens (tertiary/aromatic N) is 1. The molecular formula is C14H12BrIN2O4. The minimum absolute atomic E-state index is 0.176. The lowest BCUT2D eigenvalue weighted by Crippen LogP contribution is -2.24. The number of ether oxygens (including phenoxy) is 2. The first-order valence-electron chi connectivity index (χ1n) is 6.12. The molecule has 0 aliphatic carbocycles. The third-order valence-electron chi connectivity index (χ3n) is 2.46. The summed E-state index contributed by atoms with van der Waals surface area (Å²) in [6.45, 7) is -0.176. The van der Waals surface area contributed by atoms with Crippen molar-refractivity contribution in [1.29, 1.82) is 0 Å². The van der Waals surface area contributed by atoms with E-state index in [-0.39, 0.29) is 12.5 Å². The molecule has 0 spiro atoms. The van der Waals surface area contributed by atoms with Crippen LogP contribution in [0, 0.1) is 3.77 Å². The molecule has 22 heavy (non-hydrogen) atoms. The summed E-state index contributed by atoms with van der Waals surface area (Å²) in [5, 5.41) is 3.78. The lowest BCUT2D eigenvalue weighted by Gasteiger charge is -2.09. The van der Waals surface area contributed by atoms with Crippen molar-refractivity contribution in [3.63, 3.8) is 0 Å². The fourth-order valence-corrected chi connectivity index (χ4v) is 2.28. The van der Waals surface area contributed by atoms with Gasteiger partial charge in [0.05, 0.1) is 13.3 Å². The molecule has 8 heteroatoms. The van der Waals surface area contributed by atoms with Crippen LogP contribution < -0.4 is 14.9 Å². The highest BCUT2D eigenvalue weighted by Gasteiger charge is 2.07. The van der Waals surface area contributed by atoms with E-state index in [0.29, 0.717) is 17.3 Å². The van der Waals surface area contributed by atoms with Gasteiger partial charge in [0.15, 0.2) is 21.9 Å². The Bertz CT molecular complexity index is 687. The molecule has 0 aliphatic rings. The molecule has 2 aromatic rings. The Morgan fingerprint density at radius 3 is 2.91 bits per heavy atom. The smallest absolute Gasteiger partial charge is 0.277 e. The van der Waals surface area contributed by atoms with Crippen LogP contribution in [-0.2, 0) is 4.79 Å². The second-order valence-electron chi connectivity index (χ2n) is 4.02. The van der Waals surface area contributed by atoms with Gasteiger partial charge in [0, 0.05) is 4.47 Å². The molecule has 0 aliphatic heterocycles. The number of rotatable bonds is 6. The number of carbonyl (C=O) groups excluding carboxylic acids is 1. The lowest BCUT2D eigenvalue weighted by molar-refractivity contribution is -0.123. The van der Waals surface area contributed by atoms with Crippen molar-refractivity contribution >= 4 is 50.6 Å². The van der Waals surface area contributed by atoms with Gasteiger partial charge in [-0.15, -0.1) is 0 Å². The third-order valence-corrected chi connectivity index (χ3v) is 3.53. The van der Waals surface area contributed by atoms with Gasteiger partial charge in [-0.05, 0) is 52.9 Å². The SMILES string of the molecule is COc1cc(Br)ccc1OCC(=O)N/N=C/c1ccc(I)o1. The lowest BCUT2D eigenvalue weighted by atomic mass is 10.3. The molecular weight excluding hydrogens is 467 g/mol. The highest BCUT2D eigenvalue weighted by atomic mass is 127. The Labute approximate surface area is 149 Å². The van der Waals surface area contributed by atoms with Crippen molar-refractivity contribution in [2.75, 3.05) is 13.7 Å². The Morgan fingerprint density at radius 2 is 2.23 bits per heavy atom. The highest BCUT2D eigenvalue weighted by Crippen LogP contribution is 2.29. The molecule has 1 amide bonds. The van der Waals surface area contributed by atoms with Crippen molar-refractivity contribution in [2.24, 2.45) is 5.10 Å². The van der Waals surface area contributed by atoms with Crippen LogP contribution in [0.25, 0.3) is 0 Å². The maximum absolute atomic E-state index is 11.6. The summed E-state index contributed by atoms with van der Waals surface area (Å²) >= 11 is 5.38. The number of benzene rings is 1. The van der Waals surface area contributed by atoms with Crippen LogP contribution >= 0.6 is 38.5 Å². The quantitative estimate of drug-likeness (QED) is 0.393. The molecule has 0 saturated carbocycles. The third kappa shape index (κ3) is 5.02. The maximum Gasteiger partial charge on any atom is 0.277 e. The number of halogens is 2. The number of furan rings is 1. The number of hydrogen-bond acceptors (Lipinski definition) is 5. The van der Waals surface area contributed by atoms with Crippen molar-refractivity contribution < 1.29 is 18.7 Å². The number of amides is 1. The summed E-state index contributed by atoms with van der Waals surface area (Å²) in [7, 11) is 1.53. The van der Waals surface area contributed by atoms with Gasteiger partial charge in [-0.2, -0.15) is 5.10 Å². The molecule has 116 valence electrons. The zero-order valence-electron chi connectivity index (χ0n) is 11.5. The molecule has 0 saturated heterocycles. The predicted molar refractivity (Wildman–Crippen MR) is 93.4 cm³/mol. The predicted octanol–water partition coefficient (Wildman–Crippen LogP) is 3.18. The van der Waals surface area contributed by atoms with Gasteiger partial charge in [-0.1, -0.05) is 15.9 Å². The van der Waals surface area contributed by atoms with Gasteiger partial charge >= 0.3 is 0 Å². The zero-order chi connectivity index (χ0) is 15.9. The molecule has 1 aromatic carbocycles. The summed E-state index contributed by atoms with van der Waals surface area (Å²) in [5.41, 5.74) is 2.35. The summed E-state index contributed by atoms with van der Waals surface area (Å²) in [6.07, 6.45) is 1.42. The molecule has 2 rings (SSSR count). The van der Waals surface area contributed by atoms with Gasteiger partial charge < -0.3 is 13.9 Å². The zero-order valence-corrected chi connectivity index (χ0v) is 15.3. The van der Waals surface area contributed by atoms with E-state index in [1.165, 1.54) is 13.3 Å². The second kappa shape index (κ2) is 8.18. The molecule has 0 bridgehead atoms. The van der Waals surface area contributed by atoms with Crippen molar-refractivity contribution in [2.45, 2.75) is 0 Å². The summed E-state index contributed by atoms with van der Waals surface area (Å²) in [6, 6.07) is 8.81.